The number of Topliss-reactive ketones (excluding diaryl/α,β-unsaturated/α-hetero) is 1. The summed E-state index contributed by atoms with van der Waals surface area (Å²) >= 11 is 0. The van der Waals surface area contributed by atoms with Gasteiger partial charge in [0.1, 0.15) is 36.9 Å². The van der Waals surface area contributed by atoms with Crippen LogP contribution >= 0.6 is 7.82 Å². The number of nitrogens with zero attached hydrogens (tertiary/aromatic N) is 2. The molecule has 0 radical (unpaired) electrons. The molecule has 0 bridgehead atoms. The number of phosphoric ester groups is 1. The second-order valence-electron chi connectivity index (χ2n) is 31.8. The first-order valence-corrected chi connectivity index (χ1v) is 46.1. The van der Waals surface area contributed by atoms with Crippen molar-refractivity contribution < 1.29 is 71.2 Å². The van der Waals surface area contributed by atoms with Gasteiger partial charge in [0.05, 0.1) is 52.5 Å². The van der Waals surface area contributed by atoms with Gasteiger partial charge in [-0.2, -0.15) is 0 Å². The van der Waals surface area contributed by atoms with Gasteiger partial charge in [-0.1, -0.05) is 310 Å². The van der Waals surface area contributed by atoms with Crippen molar-refractivity contribution in [3.8, 4) is 17.2 Å². The zero-order chi connectivity index (χ0) is 80.7. The lowest BCUT2D eigenvalue weighted by atomic mass is 10.0. The van der Waals surface area contributed by atoms with E-state index in [0.29, 0.717) is 42.6 Å². The van der Waals surface area contributed by atoms with Crippen molar-refractivity contribution in [2.24, 2.45) is 0 Å². The molecule has 4 heterocycles. The molecule has 0 saturated carbocycles. The summed E-state index contributed by atoms with van der Waals surface area (Å²) in [6.45, 7) is 9.67. The maximum Gasteiger partial charge on any atom is 0.472 e. The number of hydrogen-bond donors (Lipinski definition) is 4. The highest BCUT2D eigenvalue weighted by Crippen LogP contribution is 2.49. The summed E-state index contributed by atoms with van der Waals surface area (Å²) in [5.41, 5.74) is -2.11. The van der Waals surface area contributed by atoms with Gasteiger partial charge >= 0.3 is 31.1 Å². The molecule has 0 spiro atoms. The van der Waals surface area contributed by atoms with E-state index in [0.717, 1.165) is 66.9 Å². The third-order valence-corrected chi connectivity index (χ3v) is 22.9. The minimum atomic E-state index is -5.06. The van der Waals surface area contributed by atoms with Crippen LogP contribution in [0, 0.1) is 13.8 Å². The monoisotopic (exact) mass is 1600 g/mol. The van der Waals surface area contributed by atoms with Gasteiger partial charge in [0, 0.05) is 48.3 Å². The summed E-state index contributed by atoms with van der Waals surface area (Å²) < 4.78 is 69.5. The molecule has 2 saturated heterocycles. The van der Waals surface area contributed by atoms with E-state index in [1.807, 2.05) is 0 Å². The van der Waals surface area contributed by atoms with Crippen LogP contribution in [0.15, 0.2) is 43.7 Å². The lowest BCUT2D eigenvalue weighted by Crippen LogP contribution is -2.33. The predicted octanol–water partition coefficient (Wildman–Crippen LogP) is 20.6. The molecular weight excluding hydrogens is 1450 g/mol. The van der Waals surface area contributed by atoms with E-state index in [-0.39, 0.29) is 49.2 Å². The highest BCUT2D eigenvalue weighted by Gasteiger charge is 2.45. The van der Waals surface area contributed by atoms with E-state index < -0.39 is 105 Å². The normalized spacial score (nSPS) is 17.5. The summed E-state index contributed by atoms with van der Waals surface area (Å²) in [6.07, 6.45) is 55.2. The molecular formula is C88H149N4O19P. The number of rotatable bonds is 71. The minimum absolute atomic E-state index is 0.0384. The number of benzene rings is 1. The Hall–Kier alpha value is -5.42. The van der Waals surface area contributed by atoms with Crippen molar-refractivity contribution in [2.75, 3.05) is 39.6 Å². The maximum absolute atomic E-state index is 14.3. The molecule has 112 heavy (non-hydrogen) atoms. The third-order valence-electron chi connectivity index (χ3n) is 21.8. The Balaban J connectivity index is 1.17. The molecule has 4 N–H and O–H groups in total. The Kier molecular flexibility index (Phi) is 52.2. The molecule has 640 valence electrons. The standard InChI is InChI=1S/C88H149N4O19P/c1-6-9-12-15-18-21-24-27-30-33-36-39-42-45-48-51-58-103-76-62-72(63-77(104-59-52-49-46-43-40-37-34-31-28-25-22-19-16-13-10-7-2)84(76)106-60-53-50-47-44-41-38-35-32-29-26-23-20-17-14-11-8-3)73(94)55-54-61-105-82(95)56-57-83(96)110-74-64-80(91-66-70(4)85(97)89-87(91)99)109-79(74)69-107-112(101,102)111-75-65-81(108-78(75)68-93)92-67-71(5)86(98)90-88(92)100/h62-63,66-67,74-75,78-81,93H,6-61,64-65,68-69H2,1-5H3,(H,101,102)(H,89,97,99)(H,90,98,100)/t74?,75?,78-,79-,80-,81-/m1/s1. The number of carbonyl (C=O) groups is 3. The number of unbranched alkanes of at least 4 members (excludes halogenated alkanes) is 45. The van der Waals surface area contributed by atoms with Gasteiger partial charge in [-0.25, -0.2) is 14.2 Å². The number of aliphatic hydroxyl groups excluding tert-OH is 1. The molecule has 23 nitrogen and oxygen atoms in total. The number of hydrogen-bond acceptors (Lipinski definition) is 18. The van der Waals surface area contributed by atoms with Gasteiger partial charge < -0.3 is 43.2 Å². The van der Waals surface area contributed by atoms with E-state index >= 15 is 0 Å². The molecule has 0 aliphatic carbocycles. The Morgan fingerprint density at radius 1 is 0.446 bits per heavy atom. The number of aliphatic hydroxyl groups is 1. The third kappa shape index (κ3) is 41.4. The Labute approximate surface area is 670 Å². The molecule has 2 aliphatic rings. The topological polar surface area (TPSA) is 302 Å². The molecule has 0 amide bonds. The molecule has 3 aromatic rings. The molecule has 3 unspecified atom stereocenters. The first-order valence-electron chi connectivity index (χ1n) is 44.6. The van der Waals surface area contributed by atoms with Crippen LogP contribution in [0.1, 0.15) is 401 Å². The second-order valence-corrected chi connectivity index (χ2v) is 33.2. The number of aromatic nitrogens is 4. The van der Waals surface area contributed by atoms with Crippen LogP contribution in [0.4, 0.5) is 0 Å². The van der Waals surface area contributed by atoms with Crippen LogP contribution < -0.4 is 36.7 Å². The summed E-state index contributed by atoms with van der Waals surface area (Å²) in [4.78, 5) is 106. The fourth-order valence-corrected chi connectivity index (χ4v) is 15.9. The highest BCUT2D eigenvalue weighted by atomic mass is 31.2. The zero-order valence-electron chi connectivity index (χ0n) is 69.9. The predicted molar refractivity (Wildman–Crippen MR) is 442 cm³/mol. The number of carbonyl (C=O) groups excluding carboxylic acids is 3. The lowest BCUT2D eigenvalue weighted by Gasteiger charge is -2.23. The maximum atomic E-state index is 14.3. The molecule has 1 aromatic carbocycles. The Bertz CT molecular complexity index is 3260. The van der Waals surface area contributed by atoms with Crippen molar-refractivity contribution in [1.82, 2.24) is 19.1 Å². The highest BCUT2D eigenvalue weighted by molar-refractivity contribution is 7.47. The molecule has 2 aliphatic heterocycles. The summed E-state index contributed by atoms with van der Waals surface area (Å²) in [7, 11) is -5.06. The van der Waals surface area contributed by atoms with Crippen molar-refractivity contribution >= 4 is 25.5 Å². The number of H-pyrrole nitrogens is 2. The van der Waals surface area contributed by atoms with Gasteiger partial charge in [-0.3, -0.25) is 52.1 Å². The number of ether oxygens (including phenoxy) is 7. The van der Waals surface area contributed by atoms with Crippen molar-refractivity contribution in [3.63, 3.8) is 0 Å². The number of aromatic amines is 2. The molecule has 5 rings (SSSR count). The summed E-state index contributed by atoms with van der Waals surface area (Å²) in [5.74, 6) is -0.261. The lowest BCUT2D eigenvalue weighted by molar-refractivity contribution is -0.156. The number of ketones is 1. The Morgan fingerprint density at radius 3 is 1.16 bits per heavy atom. The van der Waals surface area contributed by atoms with Crippen LogP contribution in [0.5, 0.6) is 17.2 Å². The minimum Gasteiger partial charge on any atom is -0.490 e. The van der Waals surface area contributed by atoms with Crippen LogP contribution in [-0.4, -0.2) is 111 Å². The van der Waals surface area contributed by atoms with E-state index in [1.165, 1.54) is 277 Å². The average Bonchev–Trinajstić information content (AvgIpc) is 1.59. The van der Waals surface area contributed by atoms with Gasteiger partial charge in [0.2, 0.25) is 5.75 Å². The molecule has 7 atom stereocenters. The SMILES string of the molecule is CCCCCCCCCCCCCCCCCCOc1cc(C(=O)CCCOC(=O)CCC(=O)OC2C[C@H](n3cc(C)c(=O)[nH]c3=O)O[C@@H]2COP(=O)(O)OC2C[C@H](n3cc(C)c(=O)[nH]c3=O)O[C@@H]2CO)cc(OCCCCCCCCCCCCCCCCCC)c1OCCCCCCCCCCCCCCCCCC. The van der Waals surface area contributed by atoms with Gasteiger partial charge in [0.25, 0.3) is 11.1 Å². The second kappa shape index (κ2) is 60.1. The molecule has 24 heteroatoms. The van der Waals surface area contributed by atoms with Crippen LogP contribution in [0.2, 0.25) is 0 Å². The van der Waals surface area contributed by atoms with E-state index in [1.54, 1.807) is 12.1 Å². The number of phosphoric acid groups is 1. The fraction of sp³-hybridized carbons (Fsp3) is 0.807. The van der Waals surface area contributed by atoms with Crippen LogP contribution in [0.3, 0.4) is 0 Å². The van der Waals surface area contributed by atoms with Crippen molar-refractivity contribution in [2.45, 2.75) is 418 Å². The van der Waals surface area contributed by atoms with E-state index in [9.17, 15) is 48.1 Å². The summed E-state index contributed by atoms with van der Waals surface area (Å²) in [6, 6.07) is 3.55. The average molecular weight is 1600 g/mol. The van der Waals surface area contributed by atoms with Gasteiger partial charge in [0.15, 0.2) is 17.3 Å². The quantitative estimate of drug-likeness (QED) is 0.0177. The molecule has 2 fully saturated rings. The summed E-state index contributed by atoms with van der Waals surface area (Å²) in [5, 5.41) is 10.1. The largest absolute Gasteiger partial charge is 0.490 e. The zero-order valence-corrected chi connectivity index (χ0v) is 70.8. The van der Waals surface area contributed by atoms with Crippen molar-refractivity contribution in [3.05, 3.63) is 82.9 Å². The smallest absolute Gasteiger partial charge is 0.472 e. The van der Waals surface area contributed by atoms with Crippen molar-refractivity contribution in [1.29, 1.82) is 0 Å². The number of aryl methyl sites for hydroxylation is 2. The number of esters is 2. The fourth-order valence-electron chi connectivity index (χ4n) is 14.9. The Morgan fingerprint density at radius 2 is 0.786 bits per heavy atom. The van der Waals surface area contributed by atoms with E-state index in [2.05, 4.69) is 30.7 Å². The van der Waals surface area contributed by atoms with Crippen LogP contribution in [-0.2, 0) is 42.1 Å². The van der Waals surface area contributed by atoms with Crippen LogP contribution in [0.25, 0.3) is 0 Å². The van der Waals surface area contributed by atoms with Gasteiger partial charge in [-0.05, 0) is 51.7 Å². The first kappa shape index (κ1) is 97.2. The molecule has 2 aromatic heterocycles. The van der Waals surface area contributed by atoms with Gasteiger partial charge in [-0.15, -0.1) is 0 Å². The first-order chi connectivity index (χ1) is 54.5. The van der Waals surface area contributed by atoms with E-state index in [4.69, 9.17) is 42.2 Å². The number of nitrogens with one attached hydrogen (secondary N) is 2.